The Balaban J connectivity index is 2.23. The van der Waals surface area contributed by atoms with Crippen molar-refractivity contribution in [3.8, 4) is 0 Å². The maximum atomic E-state index is 13.8. The van der Waals surface area contributed by atoms with E-state index in [9.17, 15) is 4.39 Å². The molecule has 0 saturated carbocycles. The summed E-state index contributed by atoms with van der Waals surface area (Å²) in [5.41, 5.74) is 1.85. The average molecular weight is 387 g/mol. The van der Waals surface area contributed by atoms with Gasteiger partial charge in [0.25, 0.3) is 0 Å². The normalized spacial score (nSPS) is 12.4. The molecule has 0 radical (unpaired) electrons. The molecule has 0 aliphatic carbocycles. The molecular formula is C15H14Br2FN. The van der Waals surface area contributed by atoms with E-state index in [-0.39, 0.29) is 11.9 Å². The molecule has 2 aromatic rings. The Kier molecular flexibility index (Phi) is 5.13. The van der Waals surface area contributed by atoms with Gasteiger partial charge >= 0.3 is 0 Å². The lowest BCUT2D eigenvalue weighted by atomic mass is 9.99. The third-order valence-electron chi connectivity index (χ3n) is 3.05. The first kappa shape index (κ1) is 14.7. The predicted molar refractivity (Wildman–Crippen MR) is 83.7 cm³/mol. The van der Waals surface area contributed by atoms with Gasteiger partial charge in [-0.25, -0.2) is 4.39 Å². The van der Waals surface area contributed by atoms with Gasteiger partial charge in [-0.15, -0.1) is 0 Å². The van der Waals surface area contributed by atoms with Gasteiger partial charge in [-0.05, 0) is 54.9 Å². The molecule has 1 atom stereocenters. The van der Waals surface area contributed by atoms with Crippen LogP contribution in [0.3, 0.4) is 0 Å². The lowest BCUT2D eigenvalue weighted by Gasteiger charge is -2.17. The van der Waals surface area contributed by atoms with E-state index in [1.165, 1.54) is 6.07 Å². The highest BCUT2D eigenvalue weighted by molar-refractivity contribution is 9.10. The highest BCUT2D eigenvalue weighted by atomic mass is 79.9. The fraction of sp³-hybridized carbons (Fsp3) is 0.200. The Morgan fingerprint density at radius 3 is 2.32 bits per heavy atom. The van der Waals surface area contributed by atoms with Crippen molar-refractivity contribution >= 4 is 31.9 Å². The number of hydrogen-bond donors (Lipinski definition) is 1. The number of likely N-dealkylation sites (N-methyl/N-ethyl adjacent to an activating group) is 1. The smallest absolute Gasteiger partial charge is 0.126 e. The molecule has 2 rings (SSSR count). The summed E-state index contributed by atoms with van der Waals surface area (Å²) in [6.07, 6.45) is 0.614. The Morgan fingerprint density at radius 1 is 1.05 bits per heavy atom. The molecule has 0 bridgehead atoms. The lowest BCUT2D eigenvalue weighted by Crippen LogP contribution is -2.19. The van der Waals surface area contributed by atoms with Crippen LogP contribution in [-0.4, -0.2) is 7.05 Å². The van der Waals surface area contributed by atoms with Crippen LogP contribution in [0.1, 0.15) is 17.2 Å². The summed E-state index contributed by atoms with van der Waals surface area (Å²) >= 11 is 6.80. The van der Waals surface area contributed by atoms with E-state index in [2.05, 4.69) is 37.2 Å². The average Bonchev–Trinajstić information content (AvgIpc) is 2.41. The van der Waals surface area contributed by atoms with E-state index in [4.69, 9.17) is 0 Å². The van der Waals surface area contributed by atoms with Crippen LogP contribution in [0.2, 0.25) is 0 Å². The van der Waals surface area contributed by atoms with E-state index >= 15 is 0 Å². The van der Waals surface area contributed by atoms with Gasteiger partial charge in [-0.3, -0.25) is 0 Å². The van der Waals surface area contributed by atoms with Gasteiger partial charge < -0.3 is 5.32 Å². The zero-order chi connectivity index (χ0) is 13.8. The highest BCUT2D eigenvalue weighted by Gasteiger charge is 2.13. The molecule has 1 nitrogen and oxygen atoms in total. The largest absolute Gasteiger partial charge is 0.313 e. The zero-order valence-electron chi connectivity index (χ0n) is 10.5. The molecular weight excluding hydrogens is 373 g/mol. The van der Waals surface area contributed by atoms with Gasteiger partial charge in [0, 0.05) is 15.0 Å². The summed E-state index contributed by atoms with van der Waals surface area (Å²) in [7, 11) is 1.89. The summed E-state index contributed by atoms with van der Waals surface area (Å²) in [6, 6.07) is 13.2. The van der Waals surface area contributed by atoms with E-state index < -0.39 is 0 Å². The fourth-order valence-electron chi connectivity index (χ4n) is 2.00. The topological polar surface area (TPSA) is 12.0 Å². The second-order valence-electron chi connectivity index (χ2n) is 4.33. The Hall–Kier alpha value is -0.710. The number of halogens is 3. The molecule has 2 aromatic carbocycles. The molecule has 0 aliphatic rings. The second-order valence-corrected chi connectivity index (χ2v) is 6.16. The molecule has 4 heteroatoms. The highest BCUT2D eigenvalue weighted by Crippen LogP contribution is 2.23. The fourth-order valence-corrected chi connectivity index (χ4v) is 2.67. The SMILES string of the molecule is CNC(Cc1cc(Br)ccc1F)c1ccc(Br)cc1. The van der Waals surface area contributed by atoms with Gasteiger partial charge in [0.05, 0.1) is 0 Å². The quantitative estimate of drug-likeness (QED) is 0.791. The third kappa shape index (κ3) is 3.88. The first-order valence-corrected chi connectivity index (χ1v) is 7.55. The molecule has 0 aromatic heterocycles. The summed E-state index contributed by atoms with van der Waals surface area (Å²) in [5.74, 6) is -0.166. The van der Waals surface area contributed by atoms with Crippen molar-refractivity contribution in [3.63, 3.8) is 0 Å². The molecule has 0 aliphatic heterocycles. The van der Waals surface area contributed by atoms with Crippen LogP contribution >= 0.6 is 31.9 Å². The van der Waals surface area contributed by atoms with Crippen LogP contribution in [0.15, 0.2) is 51.4 Å². The minimum Gasteiger partial charge on any atom is -0.313 e. The first-order chi connectivity index (χ1) is 9.10. The van der Waals surface area contributed by atoms with Crippen molar-refractivity contribution < 1.29 is 4.39 Å². The Bertz CT molecular complexity index is 555. The van der Waals surface area contributed by atoms with E-state index in [1.807, 2.05) is 37.4 Å². The molecule has 0 spiro atoms. The van der Waals surface area contributed by atoms with Crippen LogP contribution in [0, 0.1) is 5.82 Å². The summed E-state index contributed by atoms with van der Waals surface area (Å²) in [4.78, 5) is 0. The van der Waals surface area contributed by atoms with Crippen molar-refractivity contribution in [1.82, 2.24) is 5.32 Å². The van der Waals surface area contributed by atoms with E-state index in [0.29, 0.717) is 12.0 Å². The van der Waals surface area contributed by atoms with Crippen molar-refractivity contribution in [1.29, 1.82) is 0 Å². The first-order valence-electron chi connectivity index (χ1n) is 5.97. The van der Waals surface area contributed by atoms with Crippen LogP contribution in [0.25, 0.3) is 0 Å². The van der Waals surface area contributed by atoms with Crippen molar-refractivity contribution in [2.24, 2.45) is 0 Å². The Morgan fingerprint density at radius 2 is 1.68 bits per heavy atom. The van der Waals surface area contributed by atoms with Gasteiger partial charge in [-0.1, -0.05) is 44.0 Å². The van der Waals surface area contributed by atoms with Gasteiger partial charge in [0.1, 0.15) is 5.82 Å². The van der Waals surface area contributed by atoms with E-state index in [0.717, 1.165) is 14.5 Å². The van der Waals surface area contributed by atoms with Crippen LogP contribution in [0.5, 0.6) is 0 Å². The van der Waals surface area contributed by atoms with E-state index in [1.54, 1.807) is 6.07 Å². The number of nitrogens with one attached hydrogen (secondary N) is 1. The Labute approximate surface area is 129 Å². The van der Waals surface area contributed by atoms with Gasteiger partial charge in [0.2, 0.25) is 0 Å². The zero-order valence-corrected chi connectivity index (χ0v) is 13.6. The molecule has 19 heavy (non-hydrogen) atoms. The monoisotopic (exact) mass is 385 g/mol. The van der Waals surface area contributed by atoms with Crippen LogP contribution < -0.4 is 5.32 Å². The third-order valence-corrected chi connectivity index (χ3v) is 4.07. The summed E-state index contributed by atoms with van der Waals surface area (Å²) in [5, 5.41) is 3.24. The predicted octanol–water partition coefficient (Wildman–Crippen LogP) is 4.85. The molecule has 0 saturated heterocycles. The number of hydrogen-bond acceptors (Lipinski definition) is 1. The summed E-state index contributed by atoms with van der Waals surface area (Å²) < 4.78 is 15.7. The summed E-state index contributed by atoms with van der Waals surface area (Å²) in [6.45, 7) is 0. The molecule has 1 unspecified atom stereocenters. The molecule has 1 N–H and O–H groups in total. The van der Waals surface area contributed by atoms with Gasteiger partial charge in [0.15, 0.2) is 0 Å². The van der Waals surface area contributed by atoms with Crippen molar-refractivity contribution in [2.45, 2.75) is 12.5 Å². The molecule has 0 amide bonds. The molecule has 0 fully saturated rings. The maximum Gasteiger partial charge on any atom is 0.126 e. The minimum atomic E-state index is -0.166. The maximum absolute atomic E-state index is 13.8. The van der Waals surface area contributed by atoms with Crippen LogP contribution in [-0.2, 0) is 6.42 Å². The number of rotatable bonds is 4. The van der Waals surface area contributed by atoms with Crippen LogP contribution in [0.4, 0.5) is 4.39 Å². The molecule has 0 heterocycles. The number of benzene rings is 2. The van der Waals surface area contributed by atoms with Crippen molar-refractivity contribution in [2.75, 3.05) is 7.05 Å². The second kappa shape index (κ2) is 6.64. The lowest BCUT2D eigenvalue weighted by molar-refractivity contribution is 0.554. The minimum absolute atomic E-state index is 0.0944. The standard InChI is InChI=1S/C15H14Br2FN/c1-19-15(10-2-4-12(16)5-3-10)9-11-8-13(17)6-7-14(11)18/h2-8,15,19H,9H2,1H3. The molecule has 100 valence electrons. The van der Waals surface area contributed by atoms with Crippen molar-refractivity contribution in [3.05, 3.63) is 68.4 Å². The van der Waals surface area contributed by atoms with Gasteiger partial charge in [-0.2, -0.15) is 0 Å².